The van der Waals surface area contributed by atoms with Gasteiger partial charge in [-0.05, 0) is 0 Å². The molecule has 0 fully saturated rings. The largest absolute Gasteiger partial charge is 0.341 e. The second-order valence-corrected chi connectivity index (χ2v) is 3.05. The van der Waals surface area contributed by atoms with E-state index < -0.39 is 0 Å². The lowest BCUT2D eigenvalue weighted by molar-refractivity contribution is 0.0983. The van der Waals surface area contributed by atoms with E-state index in [4.69, 9.17) is 0 Å². The van der Waals surface area contributed by atoms with E-state index in [0.717, 1.165) is 0 Å². The molecule has 1 rings (SSSR count). The first-order valence-electron chi connectivity index (χ1n) is 4.78. The maximum Gasteiger partial charge on any atom is 0.314 e. The lowest BCUT2D eigenvalue weighted by Gasteiger charge is -2.03. The zero-order valence-corrected chi connectivity index (χ0v) is 8.62. The van der Waals surface area contributed by atoms with Crippen LogP contribution >= 0.6 is 0 Å². The topological polar surface area (TPSA) is 58.2 Å². The van der Waals surface area contributed by atoms with E-state index >= 15 is 0 Å². The Morgan fingerprint density at radius 3 is 2.47 bits per heavy atom. The van der Waals surface area contributed by atoms with Gasteiger partial charge in [0.2, 0.25) is 0 Å². The van der Waals surface area contributed by atoms with Crippen molar-refractivity contribution in [3.05, 3.63) is 35.9 Å². The molecule has 4 nitrogen and oxygen atoms in total. The number of amides is 2. The number of carbonyl (C=O) groups excluding carboxylic acids is 2. The first-order valence-corrected chi connectivity index (χ1v) is 4.78. The third-order valence-corrected chi connectivity index (χ3v) is 1.96. The molecular formula is C11H14N2O2. The van der Waals surface area contributed by atoms with Crippen molar-refractivity contribution in [2.75, 3.05) is 13.6 Å². The van der Waals surface area contributed by atoms with Gasteiger partial charge < -0.3 is 10.6 Å². The van der Waals surface area contributed by atoms with Crippen molar-refractivity contribution in [1.29, 1.82) is 0 Å². The minimum absolute atomic E-state index is 0.0343. The minimum Gasteiger partial charge on any atom is -0.341 e. The second kappa shape index (κ2) is 5.80. The van der Waals surface area contributed by atoms with Crippen LogP contribution in [-0.2, 0) is 0 Å². The quantitative estimate of drug-likeness (QED) is 0.727. The Morgan fingerprint density at radius 1 is 1.20 bits per heavy atom. The smallest absolute Gasteiger partial charge is 0.314 e. The fourth-order valence-corrected chi connectivity index (χ4v) is 1.15. The van der Waals surface area contributed by atoms with Crippen LogP contribution in [0, 0.1) is 0 Å². The van der Waals surface area contributed by atoms with E-state index in [1.165, 1.54) is 7.05 Å². The van der Waals surface area contributed by atoms with Crippen molar-refractivity contribution >= 4 is 11.8 Å². The minimum atomic E-state index is -0.268. The Morgan fingerprint density at radius 2 is 1.87 bits per heavy atom. The molecule has 1 aromatic carbocycles. The number of carbonyl (C=O) groups is 2. The van der Waals surface area contributed by atoms with Gasteiger partial charge in [-0.1, -0.05) is 30.3 Å². The molecule has 0 atom stereocenters. The fraction of sp³-hybridized carbons (Fsp3) is 0.273. The van der Waals surface area contributed by atoms with Gasteiger partial charge in [0.05, 0.1) is 0 Å². The molecule has 0 aliphatic rings. The predicted octanol–water partition coefficient (Wildman–Crippen LogP) is 1.19. The molecule has 80 valence electrons. The standard InChI is InChI=1S/C11H14N2O2/c1-12-11(15)13-8-7-10(14)9-5-3-2-4-6-9/h2-6H,7-8H2,1H3,(H2,12,13,15). The molecule has 0 saturated heterocycles. The Labute approximate surface area is 88.7 Å². The van der Waals surface area contributed by atoms with Crippen molar-refractivity contribution in [2.24, 2.45) is 0 Å². The molecule has 0 saturated carbocycles. The number of hydrogen-bond donors (Lipinski definition) is 2. The molecule has 2 amide bonds. The van der Waals surface area contributed by atoms with Crippen molar-refractivity contribution < 1.29 is 9.59 Å². The van der Waals surface area contributed by atoms with Crippen LogP contribution in [-0.4, -0.2) is 25.4 Å². The van der Waals surface area contributed by atoms with Crippen LogP contribution < -0.4 is 10.6 Å². The zero-order chi connectivity index (χ0) is 11.1. The summed E-state index contributed by atoms with van der Waals surface area (Å²) in [5.74, 6) is 0.0343. The van der Waals surface area contributed by atoms with E-state index in [1.807, 2.05) is 18.2 Å². The van der Waals surface area contributed by atoms with Gasteiger partial charge in [0.25, 0.3) is 0 Å². The molecule has 1 aromatic rings. The molecule has 0 spiro atoms. The molecule has 0 heterocycles. The molecule has 0 unspecified atom stereocenters. The van der Waals surface area contributed by atoms with Gasteiger partial charge in [-0.25, -0.2) is 4.79 Å². The van der Waals surface area contributed by atoms with Crippen LogP contribution in [0.3, 0.4) is 0 Å². The zero-order valence-electron chi connectivity index (χ0n) is 8.62. The maximum atomic E-state index is 11.5. The lowest BCUT2D eigenvalue weighted by Crippen LogP contribution is -2.34. The number of ketones is 1. The monoisotopic (exact) mass is 206 g/mol. The summed E-state index contributed by atoms with van der Waals surface area (Å²) in [5.41, 5.74) is 0.677. The molecule has 2 N–H and O–H groups in total. The molecule has 0 aliphatic carbocycles. The molecule has 4 heteroatoms. The molecule has 0 aromatic heterocycles. The van der Waals surface area contributed by atoms with E-state index in [9.17, 15) is 9.59 Å². The van der Waals surface area contributed by atoms with E-state index in [0.29, 0.717) is 18.5 Å². The van der Waals surface area contributed by atoms with Crippen molar-refractivity contribution in [1.82, 2.24) is 10.6 Å². The lowest BCUT2D eigenvalue weighted by atomic mass is 10.1. The van der Waals surface area contributed by atoms with Crippen molar-refractivity contribution in [3.63, 3.8) is 0 Å². The fourth-order valence-electron chi connectivity index (χ4n) is 1.15. The summed E-state index contributed by atoms with van der Waals surface area (Å²) in [6.07, 6.45) is 0.317. The van der Waals surface area contributed by atoms with Crippen molar-refractivity contribution in [2.45, 2.75) is 6.42 Å². The third kappa shape index (κ3) is 3.81. The van der Waals surface area contributed by atoms with Crippen LogP contribution in [0.2, 0.25) is 0 Å². The highest BCUT2D eigenvalue weighted by Crippen LogP contribution is 2.01. The Balaban J connectivity index is 2.34. The van der Waals surface area contributed by atoms with Gasteiger partial charge in [-0.15, -0.1) is 0 Å². The Bertz CT molecular complexity index is 336. The van der Waals surface area contributed by atoms with Crippen molar-refractivity contribution in [3.8, 4) is 0 Å². The number of nitrogens with one attached hydrogen (secondary N) is 2. The highest BCUT2D eigenvalue weighted by molar-refractivity contribution is 5.96. The van der Waals surface area contributed by atoms with Gasteiger partial charge in [-0.2, -0.15) is 0 Å². The average molecular weight is 206 g/mol. The molecule has 0 aliphatic heterocycles. The maximum absolute atomic E-state index is 11.5. The molecule has 15 heavy (non-hydrogen) atoms. The van der Waals surface area contributed by atoms with E-state index in [2.05, 4.69) is 10.6 Å². The Hall–Kier alpha value is -1.84. The number of Topliss-reactive ketones (excluding diaryl/α,β-unsaturated/α-hetero) is 1. The summed E-state index contributed by atoms with van der Waals surface area (Å²) < 4.78 is 0. The van der Waals surface area contributed by atoms with E-state index in [-0.39, 0.29) is 11.8 Å². The number of urea groups is 1. The number of benzene rings is 1. The summed E-state index contributed by atoms with van der Waals surface area (Å²) in [4.78, 5) is 22.3. The molecule has 0 bridgehead atoms. The van der Waals surface area contributed by atoms with Crippen LogP contribution in [0.1, 0.15) is 16.8 Å². The summed E-state index contributed by atoms with van der Waals surface area (Å²) in [6.45, 7) is 0.355. The Kier molecular flexibility index (Phi) is 4.34. The van der Waals surface area contributed by atoms with Gasteiger partial charge in [0.1, 0.15) is 0 Å². The van der Waals surface area contributed by atoms with Crippen LogP contribution in [0.25, 0.3) is 0 Å². The van der Waals surface area contributed by atoms with Crippen LogP contribution in [0.15, 0.2) is 30.3 Å². The van der Waals surface area contributed by atoms with Gasteiger partial charge >= 0.3 is 6.03 Å². The van der Waals surface area contributed by atoms with Crippen LogP contribution in [0.4, 0.5) is 4.79 Å². The third-order valence-electron chi connectivity index (χ3n) is 1.96. The number of rotatable bonds is 4. The second-order valence-electron chi connectivity index (χ2n) is 3.05. The first-order chi connectivity index (χ1) is 7.24. The van der Waals surface area contributed by atoms with Crippen LogP contribution in [0.5, 0.6) is 0 Å². The first kappa shape index (κ1) is 11.2. The van der Waals surface area contributed by atoms with Gasteiger partial charge in [0, 0.05) is 25.6 Å². The molecule has 0 radical (unpaired) electrons. The highest BCUT2D eigenvalue weighted by atomic mass is 16.2. The molecular weight excluding hydrogens is 192 g/mol. The summed E-state index contributed by atoms with van der Waals surface area (Å²) in [6, 6.07) is 8.76. The highest BCUT2D eigenvalue weighted by Gasteiger charge is 2.04. The SMILES string of the molecule is CNC(=O)NCCC(=O)c1ccccc1. The number of hydrogen-bond acceptors (Lipinski definition) is 2. The average Bonchev–Trinajstić information content (AvgIpc) is 2.29. The summed E-state index contributed by atoms with van der Waals surface area (Å²) in [5, 5.41) is 4.98. The van der Waals surface area contributed by atoms with Gasteiger partial charge in [-0.3, -0.25) is 4.79 Å². The summed E-state index contributed by atoms with van der Waals surface area (Å²) in [7, 11) is 1.54. The summed E-state index contributed by atoms with van der Waals surface area (Å²) >= 11 is 0. The predicted molar refractivity (Wildman–Crippen MR) is 57.8 cm³/mol. The van der Waals surface area contributed by atoms with Gasteiger partial charge in [0.15, 0.2) is 5.78 Å². The normalized spacial score (nSPS) is 9.40. The van der Waals surface area contributed by atoms with E-state index in [1.54, 1.807) is 12.1 Å².